The average molecular weight is 575 g/mol. The third-order valence-electron chi connectivity index (χ3n) is 6.92. The van der Waals surface area contributed by atoms with Gasteiger partial charge in [0.25, 0.3) is 0 Å². The molecule has 0 nitrogen and oxygen atoms in total. The minimum absolute atomic E-state index is 1.05. The van der Waals surface area contributed by atoms with E-state index in [1.807, 2.05) is 72.8 Å². The molecule has 42 heavy (non-hydrogen) atoms. The fraction of sp³-hybridized carbons (Fsp3) is 0.0488. The summed E-state index contributed by atoms with van der Waals surface area (Å²) >= 11 is 1.75. The minimum atomic E-state index is 1.05. The third kappa shape index (κ3) is 8.33. The summed E-state index contributed by atoms with van der Waals surface area (Å²) in [7, 11) is 0. The van der Waals surface area contributed by atoms with Gasteiger partial charge >= 0.3 is 24.8 Å². The molecule has 1 heteroatoms. The molecule has 0 unspecified atom stereocenters. The van der Waals surface area contributed by atoms with Crippen LogP contribution in [0.25, 0.3) is 22.3 Å². The molecular weight excluding hydrogens is 540 g/mol. The Kier molecular flexibility index (Phi) is 11.8. The molecular formula is C41H34Ti-4. The summed E-state index contributed by atoms with van der Waals surface area (Å²) in [6.07, 6.45) is 2.10. The summed E-state index contributed by atoms with van der Waals surface area (Å²) < 4.78 is 0. The van der Waals surface area contributed by atoms with E-state index in [1.54, 1.807) is 20.0 Å². The molecule has 0 fully saturated rings. The molecule has 0 N–H and O–H groups in total. The maximum atomic E-state index is 3.72. The van der Waals surface area contributed by atoms with Crippen molar-refractivity contribution in [2.24, 2.45) is 0 Å². The van der Waals surface area contributed by atoms with Gasteiger partial charge < -0.3 is 0 Å². The molecule has 2 aliphatic rings. The number of rotatable bonds is 0. The van der Waals surface area contributed by atoms with Crippen molar-refractivity contribution in [2.75, 3.05) is 0 Å². The van der Waals surface area contributed by atoms with E-state index in [0.717, 1.165) is 24.0 Å². The van der Waals surface area contributed by atoms with Gasteiger partial charge in [0.05, 0.1) is 0 Å². The number of benzene rings is 6. The summed E-state index contributed by atoms with van der Waals surface area (Å²) in [5.74, 6) is 0. The Labute approximate surface area is 263 Å². The zero-order valence-corrected chi connectivity index (χ0v) is 25.5. The van der Waals surface area contributed by atoms with Gasteiger partial charge in [-0.1, -0.05) is 82.9 Å². The Morgan fingerprint density at radius 3 is 1.12 bits per heavy atom. The average Bonchev–Trinajstić information content (AvgIpc) is 3.62. The molecule has 0 bridgehead atoms. The summed E-state index contributed by atoms with van der Waals surface area (Å²) in [5.41, 5.74) is 13.2. The molecule has 8 rings (SSSR count). The van der Waals surface area contributed by atoms with E-state index in [9.17, 15) is 0 Å². The van der Waals surface area contributed by atoms with Crippen molar-refractivity contribution in [1.29, 1.82) is 0 Å². The van der Waals surface area contributed by atoms with E-state index in [1.165, 1.54) is 44.5 Å². The second kappa shape index (κ2) is 16.2. The van der Waals surface area contributed by atoms with Crippen molar-refractivity contribution in [3.8, 4) is 22.3 Å². The van der Waals surface area contributed by atoms with Crippen molar-refractivity contribution in [3.05, 3.63) is 205 Å². The molecule has 0 saturated heterocycles. The molecule has 0 heterocycles. The normalized spacial score (nSPS) is 10.5. The maximum Gasteiger partial charge on any atom is -0.0253 e. The van der Waals surface area contributed by atoms with E-state index in [4.69, 9.17) is 0 Å². The standard InChI is InChI=1S/2C13H9.2C7H7.CH2.Ti/c2*1-3-7-12-10(5-1)9-11-6-2-4-8-13(11)12;2*1-7-5-3-2-4-6-7;;/h2*1-5,7-8H,9H2;2*2-6H,1H2;1H2;/q4*-1;;. The molecule has 206 valence electrons. The topological polar surface area (TPSA) is 0 Å². The van der Waals surface area contributed by atoms with Gasteiger partial charge in [-0.15, -0.1) is 35.4 Å². The van der Waals surface area contributed by atoms with Crippen LogP contribution in [-0.2, 0) is 32.8 Å². The van der Waals surface area contributed by atoms with Gasteiger partial charge in [-0.05, 0) is 12.8 Å². The van der Waals surface area contributed by atoms with Crippen LogP contribution in [0.4, 0.5) is 0 Å². The van der Waals surface area contributed by atoms with Gasteiger partial charge in [-0.3, -0.25) is 0 Å². The van der Waals surface area contributed by atoms with Gasteiger partial charge in [0.2, 0.25) is 0 Å². The van der Waals surface area contributed by atoms with E-state index in [2.05, 4.69) is 104 Å². The van der Waals surface area contributed by atoms with Gasteiger partial charge in [0.1, 0.15) is 0 Å². The van der Waals surface area contributed by atoms with Crippen LogP contribution in [0, 0.1) is 26.0 Å². The maximum absolute atomic E-state index is 3.72. The first-order chi connectivity index (χ1) is 20.7. The summed E-state index contributed by atoms with van der Waals surface area (Å²) in [5, 5.41) is 0. The van der Waals surface area contributed by atoms with Crippen LogP contribution in [0.3, 0.4) is 0 Å². The van der Waals surface area contributed by atoms with Gasteiger partial charge in [-0.2, -0.15) is 109 Å². The predicted octanol–water partition coefficient (Wildman–Crippen LogP) is 9.82. The van der Waals surface area contributed by atoms with Crippen molar-refractivity contribution >= 4 is 4.82 Å². The SMILES string of the molecule is [CH2-]c1ccccc1.[CH2-]c1ccccc1.[CH2]=[Ti].[c-]1cccc2c1Cc1ccccc1-2.[c-]1cccc2c1Cc1ccccc1-2. The molecule has 6 aromatic rings. The Hall–Kier alpha value is -4.36. The van der Waals surface area contributed by atoms with Gasteiger partial charge in [0, 0.05) is 0 Å². The first-order valence-electron chi connectivity index (χ1n) is 13.9. The van der Waals surface area contributed by atoms with Crippen molar-refractivity contribution in [3.63, 3.8) is 0 Å². The zero-order chi connectivity index (χ0) is 29.6. The first-order valence-corrected chi connectivity index (χ1v) is 15.0. The third-order valence-corrected chi connectivity index (χ3v) is 6.92. The van der Waals surface area contributed by atoms with Crippen molar-refractivity contribution < 1.29 is 20.0 Å². The predicted molar refractivity (Wildman–Crippen MR) is 176 cm³/mol. The van der Waals surface area contributed by atoms with E-state index in [0.29, 0.717) is 0 Å². The number of hydrogen-bond donors (Lipinski definition) is 0. The summed E-state index contributed by atoms with van der Waals surface area (Å²) in [6, 6.07) is 56.0. The molecule has 0 radical (unpaired) electrons. The van der Waals surface area contributed by atoms with Crippen LogP contribution >= 0.6 is 0 Å². The van der Waals surface area contributed by atoms with Gasteiger partial charge in [-0.25, -0.2) is 0 Å². The smallest absolute Gasteiger partial charge is 0.0253 e. The Bertz CT molecular complexity index is 1460. The Morgan fingerprint density at radius 2 is 0.762 bits per heavy atom. The van der Waals surface area contributed by atoms with Crippen molar-refractivity contribution in [2.45, 2.75) is 12.8 Å². The summed E-state index contributed by atoms with van der Waals surface area (Å²) in [6.45, 7) is 7.44. The molecule has 0 aromatic heterocycles. The molecule has 0 aliphatic heterocycles. The van der Waals surface area contributed by atoms with E-state index in [-0.39, 0.29) is 0 Å². The second-order valence-corrected chi connectivity index (χ2v) is 9.76. The molecule has 0 saturated carbocycles. The monoisotopic (exact) mass is 574 g/mol. The van der Waals surface area contributed by atoms with Crippen LogP contribution < -0.4 is 0 Å². The quantitative estimate of drug-likeness (QED) is 0.125. The number of fused-ring (bicyclic) bond motifs is 6. The van der Waals surface area contributed by atoms with Crippen LogP contribution in [-0.4, -0.2) is 4.82 Å². The Morgan fingerprint density at radius 1 is 0.429 bits per heavy atom. The molecule has 0 spiro atoms. The van der Waals surface area contributed by atoms with Crippen LogP contribution in [0.15, 0.2) is 146 Å². The zero-order valence-electron chi connectivity index (χ0n) is 23.9. The molecule has 0 amide bonds. The second-order valence-electron chi connectivity index (χ2n) is 9.76. The van der Waals surface area contributed by atoms with Gasteiger partial charge in [0.15, 0.2) is 0 Å². The van der Waals surface area contributed by atoms with Crippen molar-refractivity contribution in [1.82, 2.24) is 0 Å². The Balaban J connectivity index is 0.000000131. The minimum Gasteiger partial charge on any atom is -0.179 e. The van der Waals surface area contributed by atoms with E-state index < -0.39 is 0 Å². The summed E-state index contributed by atoms with van der Waals surface area (Å²) in [4.78, 5) is 3.25. The number of hydrogen-bond acceptors (Lipinski definition) is 0. The fourth-order valence-corrected chi connectivity index (χ4v) is 4.95. The van der Waals surface area contributed by atoms with Crippen LogP contribution in [0.5, 0.6) is 0 Å². The van der Waals surface area contributed by atoms with E-state index >= 15 is 0 Å². The molecule has 6 aromatic carbocycles. The fourth-order valence-electron chi connectivity index (χ4n) is 4.95. The first kappa shape index (κ1) is 30.6. The van der Waals surface area contributed by atoms with Crippen LogP contribution in [0.2, 0.25) is 0 Å². The molecule has 2 aliphatic carbocycles. The largest absolute Gasteiger partial charge is 0.179 e. The molecule has 0 atom stereocenters. The van der Waals surface area contributed by atoms with Crippen LogP contribution in [0.1, 0.15) is 33.4 Å².